The SMILES string of the molecule is NC(=O)C1=C(O)C2(O)C(=O)C3=C(O)c4c(O)c(CNC(=O)C5CCCO5)cc(-c5ccc(F)cc5)c4CC3CC2CC1=O. The smallest absolute Gasteiger partial charge is 0.255 e. The number of halogens is 1. The number of nitrogens with two attached hydrogens (primary N) is 1. The van der Waals surface area contributed by atoms with Crippen LogP contribution in [0.5, 0.6) is 5.75 Å². The van der Waals surface area contributed by atoms with Gasteiger partial charge in [-0.2, -0.15) is 0 Å². The summed E-state index contributed by atoms with van der Waals surface area (Å²) in [4.78, 5) is 51.0. The molecule has 0 spiro atoms. The van der Waals surface area contributed by atoms with Crippen LogP contribution in [0, 0.1) is 17.7 Å². The van der Waals surface area contributed by atoms with Gasteiger partial charge in [0, 0.05) is 36.6 Å². The molecule has 2 amide bonds. The molecule has 2 aromatic rings. The maximum absolute atomic E-state index is 13.9. The van der Waals surface area contributed by atoms with Crippen LogP contribution < -0.4 is 11.1 Å². The van der Waals surface area contributed by atoms with Crippen molar-refractivity contribution in [1.29, 1.82) is 0 Å². The molecule has 4 atom stereocenters. The summed E-state index contributed by atoms with van der Waals surface area (Å²) in [5, 5.41) is 48.0. The third-order valence-corrected chi connectivity index (χ3v) is 8.97. The molecular formula is C31H29FN2O9. The third-order valence-electron chi connectivity index (χ3n) is 8.97. The molecule has 0 bridgehead atoms. The maximum Gasteiger partial charge on any atom is 0.255 e. The number of rotatable bonds is 5. The first-order valence-corrected chi connectivity index (χ1v) is 13.9. The lowest BCUT2D eigenvalue weighted by molar-refractivity contribution is -0.147. The highest BCUT2D eigenvalue weighted by Gasteiger charge is 2.60. The van der Waals surface area contributed by atoms with Gasteiger partial charge in [0.25, 0.3) is 5.91 Å². The van der Waals surface area contributed by atoms with Gasteiger partial charge in [-0.3, -0.25) is 19.2 Å². The lowest BCUT2D eigenvalue weighted by atomic mass is 9.59. The maximum atomic E-state index is 13.9. The van der Waals surface area contributed by atoms with Crippen molar-refractivity contribution in [1.82, 2.24) is 5.32 Å². The van der Waals surface area contributed by atoms with Gasteiger partial charge in [-0.15, -0.1) is 0 Å². The van der Waals surface area contributed by atoms with Crippen molar-refractivity contribution in [3.8, 4) is 16.9 Å². The molecule has 1 saturated heterocycles. The number of ketones is 2. The fraction of sp³-hybridized carbons (Fsp3) is 0.355. The van der Waals surface area contributed by atoms with E-state index in [9.17, 15) is 44.0 Å². The monoisotopic (exact) mass is 592 g/mol. The van der Waals surface area contributed by atoms with Crippen LogP contribution in [0.15, 0.2) is 47.2 Å². The Labute approximate surface area is 244 Å². The number of primary amides is 1. The first-order valence-electron chi connectivity index (χ1n) is 13.9. The molecule has 11 nitrogen and oxygen atoms in total. The highest BCUT2D eigenvalue weighted by atomic mass is 19.1. The van der Waals surface area contributed by atoms with Gasteiger partial charge in [-0.25, -0.2) is 4.39 Å². The van der Waals surface area contributed by atoms with E-state index < -0.39 is 76.1 Å². The Morgan fingerprint density at radius 1 is 1.12 bits per heavy atom. The summed E-state index contributed by atoms with van der Waals surface area (Å²) in [6, 6.07) is 7.16. The second-order valence-electron chi connectivity index (χ2n) is 11.4. The minimum atomic E-state index is -2.68. The van der Waals surface area contributed by atoms with E-state index in [1.807, 2.05) is 0 Å². The molecule has 43 heavy (non-hydrogen) atoms. The Bertz CT molecular complexity index is 1660. The number of aliphatic hydroxyl groups excluding tert-OH is 2. The average molecular weight is 593 g/mol. The molecule has 0 radical (unpaired) electrons. The van der Waals surface area contributed by atoms with E-state index >= 15 is 0 Å². The molecular weight excluding hydrogens is 563 g/mol. The molecule has 2 fully saturated rings. The minimum Gasteiger partial charge on any atom is -0.508 e. The third kappa shape index (κ3) is 4.40. The lowest BCUT2D eigenvalue weighted by Gasteiger charge is -2.46. The molecule has 1 heterocycles. The predicted molar refractivity (Wildman–Crippen MR) is 148 cm³/mol. The number of Topliss-reactive ketones (excluding diaryl/α,β-unsaturated/α-hetero) is 2. The van der Waals surface area contributed by atoms with Crippen molar-refractivity contribution in [3.05, 3.63) is 69.7 Å². The summed E-state index contributed by atoms with van der Waals surface area (Å²) in [5.74, 6) is -8.13. The number of phenolic OH excluding ortho intramolecular Hbond substituents is 1. The van der Waals surface area contributed by atoms with Gasteiger partial charge in [0.1, 0.15) is 34.8 Å². The van der Waals surface area contributed by atoms with Crippen LogP contribution in [0.25, 0.3) is 16.9 Å². The zero-order valence-corrected chi connectivity index (χ0v) is 22.9. The lowest BCUT2D eigenvalue weighted by Crippen LogP contribution is -2.58. The van der Waals surface area contributed by atoms with Gasteiger partial charge >= 0.3 is 0 Å². The van der Waals surface area contributed by atoms with E-state index in [4.69, 9.17) is 10.5 Å². The summed E-state index contributed by atoms with van der Waals surface area (Å²) in [6.07, 6.45) is 0.285. The first-order chi connectivity index (χ1) is 20.4. The van der Waals surface area contributed by atoms with Crippen LogP contribution in [0.4, 0.5) is 4.39 Å². The summed E-state index contributed by atoms with van der Waals surface area (Å²) < 4.78 is 19.2. The zero-order chi connectivity index (χ0) is 30.8. The van der Waals surface area contributed by atoms with Crippen molar-refractivity contribution in [2.24, 2.45) is 17.6 Å². The molecule has 12 heteroatoms. The molecule has 4 aliphatic rings. The highest BCUT2D eigenvalue weighted by Crippen LogP contribution is 2.53. The predicted octanol–water partition coefficient (Wildman–Crippen LogP) is 2.03. The van der Waals surface area contributed by atoms with E-state index in [-0.39, 0.29) is 42.0 Å². The van der Waals surface area contributed by atoms with Crippen molar-refractivity contribution in [2.75, 3.05) is 6.61 Å². The van der Waals surface area contributed by atoms with Crippen molar-refractivity contribution < 1.29 is 48.7 Å². The van der Waals surface area contributed by atoms with Crippen molar-refractivity contribution in [3.63, 3.8) is 0 Å². The number of carbonyl (C=O) groups excluding carboxylic acids is 4. The highest BCUT2D eigenvalue weighted by molar-refractivity contribution is 6.22. The summed E-state index contributed by atoms with van der Waals surface area (Å²) in [7, 11) is 0. The Kier molecular flexibility index (Phi) is 6.85. The molecule has 4 unspecified atom stereocenters. The van der Waals surface area contributed by atoms with Crippen molar-refractivity contribution in [2.45, 2.75) is 50.4 Å². The zero-order valence-electron chi connectivity index (χ0n) is 22.9. The van der Waals surface area contributed by atoms with Gasteiger partial charge in [0.2, 0.25) is 11.7 Å². The van der Waals surface area contributed by atoms with E-state index in [1.165, 1.54) is 24.3 Å². The number of aliphatic hydroxyl groups is 3. The average Bonchev–Trinajstić information content (AvgIpc) is 3.50. The number of phenols is 1. The van der Waals surface area contributed by atoms with Gasteiger partial charge in [0.15, 0.2) is 11.4 Å². The van der Waals surface area contributed by atoms with Gasteiger partial charge in [-0.1, -0.05) is 12.1 Å². The van der Waals surface area contributed by atoms with Crippen molar-refractivity contribution >= 4 is 29.1 Å². The fourth-order valence-electron chi connectivity index (χ4n) is 6.85. The Morgan fingerprint density at radius 2 is 1.84 bits per heavy atom. The topological polar surface area (TPSA) is 196 Å². The number of amides is 2. The minimum absolute atomic E-state index is 0.0221. The Balaban J connectivity index is 1.49. The molecule has 7 N–H and O–H groups in total. The number of fused-ring (bicyclic) bond motifs is 3. The largest absolute Gasteiger partial charge is 0.508 e. The quantitative estimate of drug-likeness (QED) is 0.281. The van der Waals surface area contributed by atoms with Gasteiger partial charge < -0.3 is 36.2 Å². The van der Waals surface area contributed by atoms with E-state index in [2.05, 4.69) is 5.32 Å². The number of carbonyl (C=O) groups is 4. The Morgan fingerprint density at radius 3 is 2.49 bits per heavy atom. The summed E-state index contributed by atoms with van der Waals surface area (Å²) >= 11 is 0. The van der Waals surface area contributed by atoms with Crippen LogP contribution in [0.1, 0.15) is 42.4 Å². The summed E-state index contributed by atoms with van der Waals surface area (Å²) in [5.41, 5.74) is 2.97. The molecule has 3 aliphatic carbocycles. The van der Waals surface area contributed by atoms with E-state index in [0.29, 0.717) is 29.7 Å². The molecule has 0 aromatic heterocycles. The molecule has 6 rings (SSSR count). The van der Waals surface area contributed by atoms with Gasteiger partial charge in [0.05, 0.1) is 5.56 Å². The second kappa shape index (κ2) is 10.3. The molecule has 2 aromatic carbocycles. The summed E-state index contributed by atoms with van der Waals surface area (Å²) in [6.45, 7) is 0.298. The first kappa shape index (κ1) is 28.6. The number of benzene rings is 2. The molecule has 224 valence electrons. The van der Waals surface area contributed by atoms with Crippen LogP contribution >= 0.6 is 0 Å². The van der Waals surface area contributed by atoms with Crippen LogP contribution in [0.3, 0.4) is 0 Å². The van der Waals surface area contributed by atoms with Crippen LogP contribution in [-0.2, 0) is 36.9 Å². The van der Waals surface area contributed by atoms with Crippen LogP contribution in [-0.4, -0.2) is 62.1 Å². The van der Waals surface area contributed by atoms with E-state index in [0.717, 1.165) is 6.42 Å². The molecule has 1 saturated carbocycles. The number of nitrogens with one attached hydrogen (secondary N) is 1. The number of hydrogen-bond donors (Lipinski definition) is 6. The normalized spacial score (nSPS) is 26.6. The number of ether oxygens (including phenoxy) is 1. The second-order valence-corrected chi connectivity index (χ2v) is 11.4. The standard InChI is InChI=1S/C31H29FN2O9/c32-17-5-3-13(4-6-17)18-10-15(12-34-30(41)21-2-1-7-43-21)25(36)23-19(18)9-14-8-16-11-20(35)24(29(33)40)28(39)31(16,42)27(38)22(14)26(23)37/h3-6,10,14,16,21,36-37,39,42H,1-2,7-9,11-12H2,(H2,33,40)(H,34,41). The van der Waals surface area contributed by atoms with Crippen LogP contribution in [0.2, 0.25) is 0 Å². The number of hydrogen-bond acceptors (Lipinski definition) is 9. The molecule has 1 aliphatic heterocycles. The Hall–Kier alpha value is -4.55. The van der Waals surface area contributed by atoms with Gasteiger partial charge in [-0.05, 0) is 66.5 Å². The fourth-order valence-corrected chi connectivity index (χ4v) is 6.85. The van der Waals surface area contributed by atoms with E-state index in [1.54, 1.807) is 6.07 Å². The number of aromatic hydroxyl groups is 1.